The van der Waals surface area contributed by atoms with Crippen molar-refractivity contribution in [3.8, 4) is 17.2 Å². The Morgan fingerprint density at radius 2 is 1.39 bits per heavy atom. The summed E-state index contributed by atoms with van der Waals surface area (Å²) in [7, 11) is -0.737. The largest absolute Gasteiger partial charge is 0.495 e. The molecular weight excluding hydrogens is 554 g/mol. The first kappa shape index (κ1) is 25.3. The van der Waals surface area contributed by atoms with Gasteiger partial charge in [-0.15, -0.1) is 0 Å². The van der Waals surface area contributed by atoms with Crippen molar-refractivity contribution < 1.29 is 28.4 Å². The van der Waals surface area contributed by atoms with E-state index < -0.39 is 18.2 Å². The van der Waals surface area contributed by atoms with Crippen molar-refractivity contribution in [2.45, 2.75) is 0 Å². The lowest BCUT2D eigenvalue weighted by Gasteiger charge is -2.24. The molecule has 3 aromatic carbocycles. The predicted octanol–water partition coefficient (Wildman–Crippen LogP) is 6.45. The average Bonchev–Trinajstić information content (AvgIpc) is 2.82. The van der Waals surface area contributed by atoms with Gasteiger partial charge in [0.1, 0.15) is 11.1 Å². The van der Waals surface area contributed by atoms with Crippen LogP contribution in [-0.4, -0.2) is 32.4 Å². The molecule has 3 aromatic rings. The van der Waals surface area contributed by atoms with Gasteiger partial charge in [0.2, 0.25) is 11.0 Å². The van der Waals surface area contributed by atoms with Crippen molar-refractivity contribution in [1.29, 1.82) is 0 Å². The summed E-state index contributed by atoms with van der Waals surface area (Å²) in [6.45, 7) is 0. The third kappa shape index (κ3) is 4.43. The Hall–Kier alpha value is -2.31. The van der Waals surface area contributed by atoms with Crippen molar-refractivity contribution in [3.63, 3.8) is 0 Å². The second-order valence-electron chi connectivity index (χ2n) is 6.66. The van der Waals surface area contributed by atoms with Crippen LogP contribution in [0.25, 0.3) is 0 Å². The zero-order chi connectivity index (χ0) is 24.3. The molecule has 0 bridgehead atoms. The van der Waals surface area contributed by atoms with Crippen LogP contribution < -0.4 is 19.5 Å². The van der Waals surface area contributed by atoms with Crippen molar-refractivity contribution in [2.24, 2.45) is 0 Å². The van der Waals surface area contributed by atoms with Gasteiger partial charge in [-0.3, -0.25) is 9.59 Å². The number of ether oxygens (including phenoxy) is 3. The molecule has 10 heteroatoms. The molecule has 0 N–H and O–H groups in total. The van der Waals surface area contributed by atoms with Crippen LogP contribution in [0.3, 0.4) is 0 Å². The van der Waals surface area contributed by atoms with E-state index in [9.17, 15) is 14.2 Å². The molecule has 0 heterocycles. The van der Waals surface area contributed by atoms with Gasteiger partial charge >= 0.3 is 0 Å². The Kier molecular flexibility index (Phi) is 7.91. The van der Waals surface area contributed by atoms with E-state index >= 15 is 0 Å². The summed E-state index contributed by atoms with van der Waals surface area (Å²) in [5, 5.41) is -0.351. The molecule has 0 spiro atoms. The first-order valence-electron chi connectivity index (χ1n) is 9.40. The Labute approximate surface area is 209 Å². The highest BCUT2D eigenvalue weighted by atomic mass is 79.9. The van der Waals surface area contributed by atoms with Gasteiger partial charge in [0.15, 0.2) is 11.5 Å². The third-order valence-electron chi connectivity index (χ3n) is 4.84. The number of carbonyl (C=O) groups is 2. The van der Waals surface area contributed by atoms with Gasteiger partial charge in [-0.05, 0) is 28.1 Å². The molecule has 3 rings (SSSR count). The lowest BCUT2D eigenvalue weighted by molar-refractivity contribution is 0.104. The van der Waals surface area contributed by atoms with Crippen LogP contribution >= 0.6 is 46.3 Å². The quantitative estimate of drug-likeness (QED) is 0.289. The number of halogens is 3. The van der Waals surface area contributed by atoms with Crippen LogP contribution in [0.1, 0.15) is 20.7 Å². The summed E-state index contributed by atoms with van der Waals surface area (Å²) >= 11 is 15.9. The van der Waals surface area contributed by atoms with E-state index in [-0.39, 0.29) is 43.7 Å². The molecule has 1 atom stereocenters. The Balaban J connectivity index is 2.49. The summed E-state index contributed by atoms with van der Waals surface area (Å²) in [6.07, 6.45) is 0. The number of methoxy groups -OCH3 is 3. The molecule has 0 radical (unpaired) electrons. The van der Waals surface area contributed by atoms with Gasteiger partial charge in [0.05, 0.1) is 41.4 Å². The molecule has 0 saturated heterocycles. The van der Waals surface area contributed by atoms with Crippen LogP contribution in [0.4, 0.5) is 0 Å². The molecule has 0 aliphatic carbocycles. The number of rotatable bonds is 8. The van der Waals surface area contributed by atoms with Crippen molar-refractivity contribution in [2.75, 3.05) is 21.3 Å². The molecular formula is C23H18BrCl2O6P. The zero-order valence-corrected chi connectivity index (χ0v) is 21.7. The number of carbonyl (C=O) groups excluding carboxylic acids is 2. The fourth-order valence-corrected chi connectivity index (χ4v) is 7.39. The van der Waals surface area contributed by atoms with Crippen LogP contribution in [0.5, 0.6) is 17.2 Å². The minimum absolute atomic E-state index is 0.0169. The van der Waals surface area contributed by atoms with Crippen LogP contribution in [0.15, 0.2) is 59.1 Å². The summed E-state index contributed by atoms with van der Waals surface area (Å²) < 4.78 is 31.5. The maximum absolute atomic E-state index is 14.8. The molecule has 0 amide bonds. The van der Waals surface area contributed by atoms with Crippen LogP contribution in [0.2, 0.25) is 10.0 Å². The molecule has 6 nitrogen and oxygen atoms in total. The normalized spacial score (nSPS) is 12.5. The highest BCUT2D eigenvalue weighted by Gasteiger charge is 2.49. The second-order valence-corrected chi connectivity index (χ2v) is 10.8. The van der Waals surface area contributed by atoms with E-state index in [1.807, 2.05) is 0 Å². The third-order valence-corrected chi connectivity index (χ3v) is 8.72. The smallest absolute Gasteiger partial charge is 0.256 e. The van der Waals surface area contributed by atoms with Crippen molar-refractivity contribution in [1.82, 2.24) is 0 Å². The summed E-state index contributed by atoms with van der Waals surface area (Å²) in [5.41, 5.74) is -2.17. The molecule has 0 aliphatic rings. The standard InChI is InChI=1S/C23H18BrCl2O6P/c1-30-17-12-14(24)19(31-2)21(20(17)32-3)33(29,22(27)13-8-5-4-6-9-13)23(28)18-15(25)10-7-11-16(18)26/h4-12H,1-3H3. The second kappa shape index (κ2) is 10.3. The Morgan fingerprint density at radius 1 is 0.818 bits per heavy atom. The van der Waals surface area contributed by atoms with Gasteiger partial charge in [-0.25, -0.2) is 0 Å². The van der Waals surface area contributed by atoms with E-state index in [0.29, 0.717) is 4.47 Å². The fraction of sp³-hybridized carbons (Fsp3) is 0.130. The maximum atomic E-state index is 14.8. The molecule has 0 aliphatic heterocycles. The SMILES string of the molecule is COc1cc(Br)c(OC)c(P(=O)(C(=O)c2ccccc2)C(=O)c2c(Cl)cccc2Cl)c1OC. The van der Waals surface area contributed by atoms with Gasteiger partial charge in [0.25, 0.3) is 7.14 Å². The predicted molar refractivity (Wildman–Crippen MR) is 133 cm³/mol. The number of hydrogen-bond acceptors (Lipinski definition) is 6. The van der Waals surface area contributed by atoms with Crippen molar-refractivity contribution in [3.05, 3.63) is 80.2 Å². The van der Waals surface area contributed by atoms with Crippen molar-refractivity contribution >= 4 is 62.6 Å². The molecule has 0 aromatic heterocycles. The first-order valence-corrected chi connectivity index (χ1v) is 12.7. The van der Waals surface area contributed by atoms with Gasteiger partial charge < -0.3 is 18.8 Å². The molecule has 33 heavy (non-hydrogen) atoms. The first-order chi connectivity index (χ1) is 15.7. The Bertz CT molecular complexity index is 1260. The highest BCUT2D eigenvalue weighted by Crippen LogP contribution is 2.58. The topological polar surface area (TPSA) is 78.9 Å². The average molecular weight is 572 g/mol. The van der Waals surface area contributed by atoms with E-state index in [0.717, 1.165) is 0 Å². The minimum atomic E-state index is -4.73. The van der Waals surface area contributed by atoms with Gasteiger partial charge in [-0.1, -0.05) is 59.6 Å². The van der Waals surface area contributed by atoms with E-state index in [2.05, 4.69) is 15.9 Å². The number of hydrogen-bond donors (Lipinski definition) is 0. The summed E-state index contributed by atoms with van der Waals surface area (Å²) in [5.74, 6) is 0.0396. The summed E-state index contributed by atoms with van der Waals surface area (Å²) in [4.78, 5) is 27.8. The van der Waals surface area contributed by atoms with Crippen LogP contribution in [0, 0.1) is 0 Å². The lowest BCUT2D eigenvalue weighted by Crippen LogP contribution is -2.24. The van der Waals surface area contributed by atoms with E-state index in [1.165, 1.54) is 57.7 Å². The van der Waals surface area contributed by atoms with Crippen LogP contribution in [-0.2, 0) is 4.57 Å². The molecule has 0 saturated carbocycles. The van der Waals surface area contributed by atoms with E-state index in [4.69, 9.17) is 37.4 Å². The highest BCUT2D eigenvalue weighted by molar-refractivity contribution is 9.10. The maximum Gasteiger partial charge on any atom is 0.256 e. The number of benzene rings is 3. The monoisotopic (exact) mass is 570 g/mol. The molecule has 1 unspecified atom stereocenters. The molecule has 172 valence electrons. The lowest BCUT2D eigenvalue weighted by atomic mass is 10.2. The zero-order valence-electron chi connectivity index (χ0n) is 17.7. The van der Waals surface area contributed by atoms with Gasteiger partial charge in [0, 0.05) is 11.6 Å². The van der Waals surface area contributed by atoms with E-state index in [1.54, 1.807) is 18.2 Å². The molecule has 0 fully saturated rings. The minimum Gasteiger partial charge on any atom is -0.495 e. The Morgan fingerprint density at radius 3 is 1.91 bits per heavy atom. The summed E-state index contributed by atoms with van der Waals surface area (Å²) in [6, 6.07) is 13.7. The van der Waals surface area contributed by atoms with Gasteiger partial charge in [-0.2, -0.15) is 0 Å². The fourth-order valence-electron chi connectivity index (χ4n) is 3.33.